The van der Waals surface area contributed by atoms with Crippen LogP contribution in [0.1, 0.15) is 106 Å². The Balaban J connectivity index is 1.51. The van der Waals surface area contributed by atoms with Gasteiger partial charge < -0.3 is 30.8 Å². The minimum absolute atomic E-state index is 0.147. The normalized spacial score (nSPS) is 45.4. The number of esters is 1. The number of aliphatic carboxylic acids is 1. The van der Waals surface area contributed by atoms with E-state index in [2.05, 4.69) is 54.5 Å². The summed E-state index contributed by atoms with van der Waals surface area (Å²) in [6, 6.07) is -0.680. The summed E-state index contributed by atoms with van der Waals surface area (Å²) in [5, 5.41) is 10.9. The maximum atomic E-state index is 13.3. The second-order valence-electron chi connectivity index (χ2n) is 17.1. The first-order valence-corrected chi connectivity index (χ1v) is 17.8. The number of carboxylic acid groups (broad SMARTS) is 1. The first-order chi connectivity index (χ1) is 21.1. The van der Waals surface area contributed by atoms with Crippen LogP contribution in [0.4, 0.5) is 0 Å². The lowest BCUT2D eigenvalue weighted by Gasteiger charge is -2.71. The van der Waals surface area contributed by atoms with Gasteiger partial charge in [-0.3, -0.25) is 9.59 Å². The van der Waals surface area contributed by atoms with Gasteiger partial charge in [-0.2, -0.15) is 0 Å². The zero-order valence-electron chi connectivity index (χ0n) is 29.3. The highest BCUT2D eigenvalue weighted by molar-refractivity contribution is 5.76. The number of rotatable bonds is 10. The highest BCUT2D eigenvalue weighted by atomic mass is 16.6. The molecule has 1 heterocycles. The molecule has 0 aromatic rings. The molecule has 0 spiro atoms. The van der Waals surface area contributed by atoms with Gasteiger partial charge >= 0.3 is 11.9 Å². The number of methoxy groups -OCH3 is 1. The predicted octanol–water partition coefficient (Wildman–Crippen LogP) is 5.96. The van der Waals surface area contributed by atoms with Crippen LogP contribution in [0, 0.1) is 56.7 Å². The molecule has 12 atom stereocenters. The van der Waals surface area contributed by atoms with Crippen LogP contribution < -0.4 is 11.5 Å². The lowest BCUT2D eigenvalue weighted by Crippen LogP contribution is -2.70. The Morgan fingerprint density at radius 1 is 1.07 bits per heavy atom. The third-order valence-electron chi connectivity index (χ3n) is 14.9. The molecular formula is C37H62N2O6. The molecule has 3 saturated carbocycles. The molecule has 5 rings (SSSR count). The number of hydrogen-bond donors (Lipinski definition) is 3. The Bertz CT molecular complexity index is 1170. The first-order valence-electron chi connectivity index (χ1n) is 17.8. The molecule has 8 heteroatoms. The Hall–Kier alpha value is -1.48. The minimum Gasteiger partial charge on any atom is -0.481 e. The number of hydrogen-bond acceptors (Lipinski definition) is 7. The smallest absolute Gasteiger partial charge is 0.323 e. The van der Waals surface area contributed by atoms with Crippen molar-refractivity contribution in [1.82, 2.24) is 0 Å². The van der Waals surface area contributed by atoms with E-state index in [4.69, 9.17) is 25.7 Å². The molecule has 4 fully saturated rings. The van der Waals surface area contributed by atoms with Crippen molar-refractivity contribution in [3.8, 4) is 0 Å². The van der Waals surface area contributed by atoms with Crippen molar-refractivity contribution in [3.05, 3.63) is 11.6 Å². The van der Waals surface area contributed by atoms with Crippen molar-refractivity contribution in [3.63, 3.8) is 0 Å². The third kappa shape index (κ3) is 5.05. The molecule has 0 radical (unpaired) electrons. The number of unbranched alkanes of at least 4 members (excludes halogenated alkanes) is 1. The molecule has 5 N–H and O–H groups in total. The second-order valence-corrected chi connectivity index (χ2v) is 17.1. The van der Waals surface area contributed by atoms with Crippen molar-refractivity contribution in [2.45, 2.75) is 125 Å². The summed E-state index contributed by atoms with van der Waals surface area (Å²) in [7, 11) is 1.73. The molecule has 5 aliphatic rings. The van der Waals surface area contributed by atoms with Gasteiger partial charge in [0.1, 0.15) is 12.1 Å². The topological polar surface area (TPSA) is 134 Å². The summed E-state index contributed by atoms with van der Waals surface area (Å²) >= 11 is 0. The fourth-order valence-electron chi connectivity index (χ4n) is 11.8. The zero-order chi connectivity index (χ0) is 33.2. The monoisotopic (exact) mass is 630 g/mol. The third-order valence-corrected chi connectivity index (χ3v) is 14.9. The highest BCUT2D eigenvalue weighted by Crippen LogP contribution is 2.75. The van der Waals surface area contributed by atoms with E-state index >= 15 is 0 Å². The molecule has 8 nitrogen and oxygen atoms in total. The summed E-state index contributed by atoms with van der Waals surface area (Å²) in [6.45, 7) is 17.6. The van der Waals surface area contributed by atoms with E-state index in [0.29, 0.717) is 38.0 Å². The van der Waals surface area contributed by atoms with Gasteiger partial charge in [-0.25, -0.2) is 0 Å². The summed E-state index contributed by atoms with van der Waals surface area (Å²) in [5.41, 5.74) is 12.0. The summed E-state index contributed by atoms with van der Waals surface area (Å²) in [4.78, 5) is 26.6. The standard InChI is InChI=1S/C37H62N2O6/c1-22(2)23(3)33(4)16-17-35(6)24-12-13-28-34(5)20-44-21-37(28,25(24)14-15-36(35,7)29(33)31(40)41)19-27(43-8)30(34)45-32(42)26(39)11-9-10-18-38/h14,22-24,26-30H,9-13,15-21,38-39H2,1-8H3,(H,40,41)/t23-,24+,26?,27-,28+,29-,30+,33-,34+,35-,36+,37-/m1/s1. The summed E-state index contributed by atoms with van der Waals surface area (Å²) in [6.07, 6.45) is 9.35. The Labute approximate surface area is 271 Å². The molecule has 45 heavy (non-hydrogen) atoms. The van der Waals surface area contributed by atoms with Crippen molar-refractivity contribution < 1.29 is 28.9 Å². The van der Waals surface area contributed by atoms with Crippen molar-refractivity contribution >= 4 is 11.9 Å². The van der Waals surface area contributed by atoms with Gasteiger partial charge in [0.25, 0.3) is 0 Å². The molecule has 256 valence electrons. The summed E-state index contributed by atoms with van der Waals surface area (Å²) < 4.78 is 19.0. The van der Waals surface area contributed by atoms with Crippen LogP contribution in [0.2, 0.25) is 0 Å². The van der Waals surface area contributed by atoms with Crippen LogP contribution in [0.5, 0.6) is 0 Å². The van der Waals surface area contributed by atoms with E-state index in [1.54, 1.807) is 7.11 Å². The van der Waals surface area contributed by atoms with Gasteiger partial charge in [-0.15, -0.1) is 0 Å². The highest BCUT2D eigenvalue weighted by Gasteiger charge is 2.72. The summed E-state index contributed by atoms with van der Waals surface area (Å²) in [5.74, 6) is -0.142. The van der Waals surface area contributed by atoms with Gasteiger partial charge in [0.05, 0.1) is 25.2 Å². The number of ether oxygens (including phenoxy) is 3. The Kier molecular flexibility index (Phi) is 9.44. The van der Waals surface area contributed by atoms with E-state index in [-0.39, 0.29) is 45.6 Å². The van der Waals surface area contributed by atoms with E-state index in [1.165, 1.54) is 5.57 Å². The van der Waals surface area contributed by atoms with Gasteiger partial charge in [0, 0.05) is 17.9 Å². The number of carbonyl (C=O) groups is 2. The average Bonchev–Trinajstić information content (AvgIpc) is 2.98. The molecule has 0 aromatic heterocycles. The molecule has 1 saturated heterocycles. The first kappa shape index (κ1) is 34.8. The fraction of sp³-hybridized carbons (Fsp3) is 0.892. The quantitative estimate of drug-likeness (QED) is 0.153. The fourth-order valence-corrected chi connectivity index (χ4v) is 11.8. The number of nitrogens with two attached hydrogens (primary N) is 2. The zero-order valence-corrected chi connectivity index (χ0v) is 29.3. The number of carbonyl (C=O) groups excluding carboxylic acids is 1. The predicted molar refractivity (Wildman–Crippen MR) is 175 cm³/mol. The van der Waals surface area contributed by atoms with Gasteiger partial charge in [0.15, 0.2) is 0 Å². The van der Waals surface area contributed by atoms with Crippen LogP contribution in [0.3, 0.4) is 0 Å². The average molecular weight is 631 g/mol. The van der Waals surface area contributed by atoms with Crippen molar-refractivity contribution in [2.75, 3.05) is 26.9 Å². The van der Waals surface area contributed by atoms with Crippen molar-refractivity contribution in [2.24, 2.45) is 68.1 Å². The lowest BCUT2D eigenvalue weighted by atomic mass is 9.34. The SMILES string of the molecule is CO[C@@H]1C[C@]23COC[C@@](C)([C@@H]2CC[C@H]2C3=CC[C@@]3(C)[C@H](C(=O)O)[C@@](C)([C@H](C)C(C)C)CC[C@]23C)[C@H]1OC(=O)C(N)CCCCN. The van der Waals surface area contributed by atoms with E-state index < -0.39 is 29.4 Å². The lowest BCUT2D eigenvalue weighted by molar-refractivity contribution is -0.263. The Morgan fingerprint density at radius 2 is 1.78 bits per heavy atom. The van der Waals surface area contributed by atoms with E-state index in [1.807, 2.05) is 0 Å². The maximum absolute atomic E-state index is 13.3. The van der Waals surface area contributed by atoms with Crippen LogP contribution in [0.15, 0.2) is 11.6 Å². The van der Waals surface area contributed by atoms with Gasteiger partial charge in [-0.1, -0.05) is 66.5 Å². The number of allylic oxidation sites excluding steroid dienone is 1. The number of carboxylic acids is 1. The van der Waals surface area contributed by atoms with Gasteiger partial charge in [0.2, 0.25) is 0 Å². The van der Waals surface area contributed by atoms with Crippen LogP contribution in [-0.2, 0) is 23.8 Å². The molecule has 4 aliphatic carbocycles. The Morgan fingerprint density at radius 3 is 2.40 bits per heavy atom. The molecular weight excluding hydrogens is 568 g/mol. The second kappa shape index (κ2) is 12.2. The molecule has 1 aliphatic heterocycles. The van der Waals surface area contributed by atoms with E-state index in [0.717, 1.165) is 51.4 Å². The molecule has 2 bridgehead atoms. The van der Waals surface area contributed by atoms with Crippen LogP contribution in [-0.4, -0.2) is 62.2 Å². The molecule has 1 unspecified atom stereocenters. The largest absolute Gasteiger partial charge is 0.481 e. The van der Waals surface area contributed by atoms with Gasteiger partial charge in [-0.05, 0) is 97.8 Å². The van der Waals surface area contributed by atoms with Crippen LogP contribution >= 0.6 is 0 Å². The van der Waals surface area contributed by atoms with E-state index in [9.17, 15) is 14.7 Å². The maximum Gasteiger partial charge on any atom is 0.323 e. The number of fused-ring (bicyclic) bond motifs is 3. The molecule has 0 aromatic carbocycles. The van der Waals surface area contributed by atoms with Crippen LogP contribution in [0.25, 0.3) is 0 Å². The minimum atomic E-state index is -0.680. The van der Waals surface area contributed by atoms with Crippen molar-refractivity contribution in [1.29, 1.82) is 0 Å². The molecule has 0 amide bonds.